The first-order chi connectivity index (χ1) is 2.81. The van der Waals surface area contributed by atoms with Gasteiger partial charge in [-0.2, -0.15) is 0 Å². The second-order valence-electron chi connectivity index (χ2n) is 0.612. The second-order valence-corrected chi connectivity index (χ2v) is 2.08. The topological polar surface area (TPSA) is 17.1 Å². The van der Waals surface area contributed by atoms with Gasteiger partial charge in [-0.05, 0) is 22.6 Å². The Morgan fingerprint density at radius 3 is 2.33 bits per heavy atom. The SMILES string of the molecule is O=CC(I)=CCl. The summed E-state index contributed by atoms with van der Waals surface area (Å²) in [5.41, 5.74) is 1.23. The lowest BCUT2D eigenvalue weighted by atomic mass is 10.7. The lowest BCUT2D eigenvalue weighted by Gasteiger charge is -1.68. The summed E-state index contributed by atoms with van der Waals surface area (Å²) in [6.45, 7) is 0. The Hall–Kier alpha value is 0.430. The number of hydrogen-bond acceptors (Lipinski definition) is 1. The van der Waals surface area contributed by atoms with Crippen LogP contribution in [-0.4, -0.2) is 6.29 Å². The molecule has 6 heavy (non-hydrogen) atoms. The van der Waals surface area contributed by atoms with Crippen molar-refractivity contribution in [1.29, 1.82) is 0 Å². The fraction of sp³-hybridized carbons (Fsp3) is 0. The average Bonchev–Trinajstić information content (AvgIpc) is 1.65. The Morgan fingerprint density at radius 1 is 1.83 bits per heavy atom. The molecular weight excluding hydrogens is 214 g/mol. The van der Waals surface area contributed by atoms with E-state index in [4.69, 9.17) is 11.6 Å². The zero-order valence-corrected chi connectivity index (χ0v) is 5.73. The van der Waals surface area contributed by atoms with Crippen molar-refractivity contribution in [2.75, 3.05) is 0 Å². The van der Waals surface area contributed by atoms with Crippen molar-refractivity contribution in [3.8, 4) is 0 Å². The molecule has 0 atom stereocenters. The quantitative estimate of drug-likeness (QED) is 0.370. The molecule has 0 aliphatic heterocycles. The first kappa shape index (κ1) is 6.43. The number of halogens is 2. The molecule has 0 aromatic rings. The maximum absolute atomic E-state index is 9.58. The molecule has 0 saturated carbocycles. The lowest BCUT2D eigenvalue weighted by molar-refractivity contribution is -0.104. The number of rotatable bonds is 1. The lowest BCUT2D eigenvalue weighted by Crippen LogP contribution is -1.62. The van der Waals surface area contributed by atoms with Gasteiger partial charge in [0.05, 0.1) is 3.58 Å². The molecular formula is C3H2ClIO. The number of allylic oxidation sites excluding steroid dienone is 1. The van der Waals surface area contributed by atoms with E-state index in [0.717, 1.165) is 0 Å². The molecule has 0 radical (unpaired) electrons. The Balaban J connectivity index is 3.50. The van der Waals surface area contributed by atoms with E-state index in [1.165, 1.54) is 5.54 Å². The Labute approximate surface area is 54.5 Å². The van der Waals surface area contributed by atoms with Gasteiger partial charge in [0, 0.05) is 5.54 Å². The van der Waals surface area contributed by atoms with Crippen LogP contribution in [0.4, 0.5) is 0 Å². The molecule has 0 saturated heterocycles. The summed E-state index contributed by atoms with van der Waals surface area (Å²) in [6.07, 6.45) is 0.688. The standard InChI is InChI=1S/C3H2ClIO/c4-1-3(5)2-6/h1-2H. The van der Waals surface area contributed by atoms with E-state index in [2.05, 4.69) is 0 Å². The fourth-order valence-electron chi connectivity index (χ4n) is 0.0257. The van der Waals surface area contributed by atoms with Crippen LogP contribution < -0.4 is 0 Å². The zero-order valence-electron chi connectivity index (χ0n) is 2.82. The van der Waals surface area contributed by atoms with Crippen LogP contribution in [-0.2, 0) is 4.79 Å². The molecule has 0 aliphatic rings. The molecule has 0 spiro atoms. The molecule has 0 aliphatic carbocycles. The Bertz CT molecular complexity index is 78.9. The van der Waals surface area contributed by atoms with Crippen molar-refractivity contribution in [2.45, 2.75) is 0 Å². The maximum atomic E-state index is 9.58. The minimum absolute atomic E-state index is 0.522. The highest BCUT2D eigenvalue weighted by Crippen LogP contribution is 2.00. The van der Waals surface area contributed by atoms with E-state index in [1.54, 1.807) is 0 Å². The van der Waals surface area contributed by atoms with E-state index in [0.29, 0.717) is 9.87 Å². The van der Waals surface area contributed by atoms with Gasteiger partial charge < -0.3 is 0 Å². The number of aldehydes is 1. The van der Waals surface area contributed by atoms with Crippen molar-refractivity contribution in [3.05, 3.63) is 9.12 Å². The number of hydrogen-bond donors (Lipinski definition) is 0. The van der Waals surface area contributed by atoms with Gasteiger partial charge >= 0.3 is 0 Å². The average molecular weight is 216 g/mol. The Kier molecular flexibility index (Phi) is 3.87. The third-order valence-electron chi connectivity index (χ3n) is 0.217. The van der Waals surface area contributed by atoms with Crippen LogP contribution in [0.1, 0.15) is 0 Å². The molecule has 0 amide bonds. The fourth-order valence-corrected chi connectivity index (χ4v) is 0.0772. The number of carbonyl (C=O) groups is 1. The highest BCUT2D eigenvalue weighted by Gasteiger charge is 1.77. The Morgan fingerprint density at radius 2 is 2.33 bits per heavy atom. The van der Waals surface area contributed by atoms with E-state index in [-0.39, 0.29) is 0 Å². The summed E-state index contributed by atoms with van der Waals surface area (Å²) in [6, 6.07) is 0. The minimum atomic E-state index is 0.522. The van der Waals surface area contributed by atoms with Crippen LogP contribution in [0, 0.1) is 0 Å². The highest BCUT2D eigenvalue weighted by atomic mass is 127. The smallest absolute Gasteiger partial charge is 0.157 e. The van der Waals surface area contributed by atoms with E-state index in [9.17, 15) is 4.79 Å². The maximum Gasteiger partial charge on any atom is 0.157 e. The summed E-state index contributed by atoms with van der Waals surface area (Å²) >= 11 is 6.88. The van der Waals surface area contributed by atoms with Gasteiger partial charge in [0.1, 0.15) is 0 Å². The van der Waals surface area contributed by atoms with E-state index >= 15 is 0 Å². The third kappa shape index (κ3) is 2.66. The molecule has 0 aromatic carbocycles. The number of carbonyl (C=O) groups excluding carboxylic acids is 1. The van der Waals surface area contributed by atoms with Crippen LogP contribution in [0.5, 0.6) is 0 Å². The van der Waals surface area contributed by atoms with Crippen LogP contribution in [0.2, 0.25) is 0 Å². The van der Waals surface area contributed by atoms with Crippen LogP contribution in [0.25, 0.3) is 0 Å². The first-order valence-corrected chi connectivity index (χ1v) is 2.74. The van der Waals surface area contributed by atoms with Crippen molar-refractivity contribution in [3.63, 3.8) is 0 Å². The first-order valence-electron chi connectivity index (χ1n) is 1.22. The van der Waals surface area contributed by atoms with Crippen molar-refractivity contribution >= 4 is 40.5 Å². The summed E-state index contributed by atoms with van der Waals surface area (Å²) in [5.74, 6) is 0. The second kappa shape index (κ2) is 3.61. The van der Waals surface area contributed by atoms with Gasteiger partial charge in [0.2, 0.25) is 0 Å². The molecule has 0 rings (SSSR count). The van der Waals surface area contributed by atoms with Gasteiger partial charge in [0.25, 0.3) is 0 Å². The van der Waals surface area contributed by atoms with Crippen LogP contribution in [0.3, 0.4) is 0 Å². The van der Waals surface area contributed by atoms with Gasteiger partial charge in [-0.15, -0.1) is 0 Å². The highest BCUT2D eigenvalue weighted by molar-refractivity contribution is 14.1. The zero-order chi connectivity index (χ0) is 4.99. The van der Waals surface area contributed by atoms with Gasteiger partial charge in [-0.25, -0.2) is 0 Å². The molecule has 0 heterocycles. The monoisotopic (exact) mass is 216 g/mol. The molecule has 0 aromatic heterocycles. The van der Waals surface area contributed by atoms with E-state index < -0.39 is 0 Å². The summed E-state index contributed by atoms with van der Waals surface area (Å²) in [5, 5.41) is 0. The summed E-state index contributed by atoms with van der Waals surface area (Å²) in [4.78, 5) is 9.58. The van der Waals surface area contributed by atoms with Crippen molar-refractivity contribution in [2.24, 2.45) is 0 Å². The van der Waals surface area contributed by atoms with Crippen LogP contribution in [0.15, 0.2) is 9.12 Å². The predicted octanol–water partition coefficient (Wildman–Crippen LogP) is 1.70. The van der Waals surface area contributed by atoms with Crippen LogP contribution >= 0.6 is 34.2 Å². The summed E-state index contributed by atoms with van der Waals surface area (Å²) < 4.78 is 0.522. The molecule has 1 nitrogen and oxygen atoms in total. The molecule has 34 valence electrons. The van der Waals surface area contributed by atoms with Crippen molar-refractivity contribution < 1.29 is 4.79 Å². The predicted molar refractivity (Wildman–Crippen MR) is 34.0 cm³/mol. The van der Waals surface area contributed by atoms with Crippen molar-refractivity contribution in [1.82, 2.24) is 0 Å². The van der Waals surface area contributed by atoms with Gasteiger partial charge in [-0.3, -0.25) is 4.79 Å². The van der Waals surface area contributed by atoms with E-state index in [1.807, 2.05) is 22.6 Å². The molecule has 0 unspecified atom stereocenters. The van der Waals surface area contributed by atoms with Gasteiger partial charge in [-0.1, -0.05) is 11.6 Å². The molecule has 0 fully saturated rings. The summed E-state index contributed by atoms with van der Waals surface area (Å²) in [7, 11) is 0. The van der Waals surface area contributed by atoms with Gasteiger partial charge in [0.15, 0.2) is 6.29 Å². The molecule has 3 heteroatoms. The largest absolute Gasteiger partial charge is 0.297 e. The third-order valence-corrected chi connectivity index (χ3v) is 1.39. The normalized spacial score (nSPS) is 11.3. The minimum Gasteiger partial charge on any atom is -0.297 e. The molecule has 0 N–H and O–H groups in total. The molecule has 0 bridgehead atoms.